The third-order valence-electron chi connectivity index (χ3n) is 4.45. The van der Waals surface area contributed by atoms with Gasteiger partial charge in [0.05, 0.1) is 5.56 Å². The zero-order valence-electron chi connectivity index (χ0n) is 15.0. The number of urea groups is 1. The van der Waals surface area contributed by atoms with Gasteiger partial charge in [0, 0.05) is 5.69 Å². The zero-order chi connectivity index (χ0) is 21.4. The van der Waals surface area contributed by atoms with Crippen LogP contribution in [0.25, 0.3) is 0 Å². The number of imide groups is 1. The molecule has 0 radical (unpaired) electrons. The average Bonchev–Trinajstić information content (AvgIpc) is 2.85. The van der Waals surface area contributed by atoms with Crippen LogP contribution in [-0.4, -0.2) is 29.3 Å². The fourth-order valence-corrected chi connectivity index (χ4v) is 2.95. The fourth-order valence-electron chi connectivity index (χ4n) is 2.95. The monoisotopic (exact) mass is 409 g/mol. The topological polar surface area (TPSA) is 78.5 Å². The highest BCUT2D eigenvalue weighted by atomic mass is 19.4. The van der Waals surface area contributed by atoms with E-state index >= 15 is 0 Å². The van der Waals surface area contributed by atoms with E-state index in [9.17, 15) is 31.9 Å². The standard InChI is InChI=1S/C19H15F4N3O3/c1-18(11-4-2-5-12(8-11)19(21,22)23)16(28)26(17(29)25-18)10-15(27)24-14-7-3-6-13(20)9-14/h2-9H,10H2,1H3,(H,24,27)(H,25,29). The van der Waals surface area contributed by atoms with Crippen LogP contribution in [0.4, 0.5) is 28.0 Å². The molecule has 0 aromatic heterocycles. The van der Waals surface area contributed by atoms with Gasteiger partial charge in [-0.15, -0.1) is 0 Å². The Labute approximate surface area is 162 Å². The number of rotatable bonds is 4. The molecule has 3 rings (SSSR count). The first-order valence-electron chi connectivity index (χ1n) is 8.38. The second kappa shape index (κ2) is 7.19. The number of alkyl halides is 3. The van der Waals surface area contributed by atoms with Crippen molar-refractivity contribution < 1.29 is 31.9 Å². The first kappa shape index (κ1) is 20.3. The second-order valence-corrected chi connectivity index (χ2v) is 6.58. The minimum atomic E-state index is -4.62. The van der Waals surface area contributed by atoms with Crippen LogP contribution in [0.1, 0.15) is 18.1 Å². The van der Waals surface area contributed by atoms with Gasteiger partial charge in [-0.3, -0.25) is 14.5 Å². The number of nitrogens with zero attached hydrogens (tertiary/aromatic N) is 1. The molecule has 2 aromatic rings. The Bertz CT molecular complexity index is 993. The van der Waals surface area contributed by atoms with E-state index in [0.717, 1.165) is 24.3 Å². The van der Waals surface area contributed by atoms with Gasteiger partial charge in [0.2, 0.25) is 5.91 Å². The van der Waals surface area contributed by atoms with Crippen LogP contribution in [0.3, 0.4) is 0 Å². The van der Waals surface area contributed by atoms with Gasteiger partial charge in [0.15, 0.2) is 0 Å². The second-order valence-electron chi connectivity index (χ2n) is 6.58. The Morgan fingerprint density at radius 2 is 1.83 bits per heavy atom. The predicted molar refractivity (Wildman–Crippen MR) is 94.1 cm³/mol. The lowest BCUT2D eigenvalue weighted by molar-refractivity contribution is -0.138. The van der Waals surface area contributed by atoms with Crippen LogP contribution in [0.15, 0.2) is 48.5 Å². The van der Waals surface area contributed by atoms with Gasteiger partial charge >= 0.3 is 12.2 Å². The van der Waals surface area contributed by atoms with Gasteiger partial charge in [-0.25, -0.2) is 9.18 Å². The summed E-state index contributed by atoms with van der Waals surface area (Å²) >= 11 is 0. The summed E-state index contributed by atoms with van der Waals surface area (Å²) in [7, 11) is 0. The van der Waals surface area contributed by atoms with Crippen LogP contribution in [0.2, 0.25) is 0 Å². The number of hydrogen-bond donors (Lipinski definition) is 2. The van der Waals surface area contributed by atoms with E-state index in [-0.39, 0.29) is 11.3 Å². The van der Waals surface area contributed by atoms with Crippen molar-refractivity contribution in [1.29, 1.82) is 0 Å². The summed E-state index contributed by atoms with van der Waals surface area (Å²) in [5.74, 6) is -2.24. The molecule has 0 spiro atoms. The van der Waals surface area contributed by atoms with E-state index in [1.165, 1.54) is 31.2 Å². The van der Waals surface area contributed by atoms with E-state index < -0.39 is 47.5 Å². The summed E-state index contributed by atoms with van der Waals surface area (Å²) in [6.45, 7) is 0.572. The average molecular weight is 409 g/mol. The molecule has 1 aliphatic heterocycles. The van der Waals surface area contributed by atoms with Crippen molar-refractivity contribution in [2.45, 2.75) is 18.6 Å². The molecule has 152 valence electrons. The molecule has 1 aliphatic rings. The van der Waals surface area contributed by atoms with Crippen LogP contribution >= 0.6 is 0 Å². The zero-order valence-corrected chi connectivity index (χ0v) is 15.0. The maximum absolute atomic E-state index is 13.2. The molecule has 2 aromatic carbocycles. The molecular formula is C19H15F4N3O3. The highest BCUT2D eigenvalue weighted by molar-refractivity contribution is 6.10. The smallest absolute Gasteiger partial charge is 0.324 e. The molecule has 0 saturated carbocycles. The van der Waals surface area contributed by atoms with Crippen molar-refractivity contribution in [3.8, 4) is 0 Å². The molecule has 10 heteroatoms. The summed E-state index contributed by atoms with van der Waals surface area (Å²) in [4.78, 5) is 37.7. The van der Waals surface area contributed by atoms with Gasteiger partial charge in [-0.2, -0.15) is 13.2 Å². The van der Waals surface area contributed by atoms with Crippen LogP contribution in [0.5, 0.6) is 0 Å². The van der Waals surface area contributed by atoms with Crippen LogP contribution in [-0.2, 0) is 21.3 Å². The first-order chi connectivity index (χ1) is 13.5. The summed E-state index contributed by atoms with van der Waals surface area (Å²) in [5, 5.41) is 4.68. The number of benzene rings is 2. The van der Waals surface area contributed by atoms with Crippen LogP contribution in [0, 0.1) is 5.82 Å². The normalized spacial score (nSPS) is 19.3. The van der Waals surface area contributed by atoms with Crippen molar-refractivity contribution in [3.63, 3.8) is 0 Å². The molecule has 1 atom stereocenters. The van der Waals surface area contributed by atoms with Gasteiger partial charge in [0.25, 0.3) is 5.91 Å². The van der Waals surface area contributed by atoms with Crippen molar-refractivity contribution in [2.24, 2.45) is 0 Å². The van der Waals surface area contributed by atoms with Gasteiger partial charge in [-0.1, -0.05) is 18.2 Å². The molecule has 1 fully saturated rings. The van der Waals surface area contributed by atoms with E-state index in [1.54, 1.807) is 0 Å². The van der Waals surface area contributed by atoms with Crippen molar-refractivity contribution >= 4 is 23.5 Å². The van der Waals surface area contributed by atoms with Gasteiger partial charge in [0.1, 0.15) is 17.9 Å². The molecule has 0 bridgehead atoms. The number of nitrogens with one attached hydrogen (secondary N) is 2. The minimum Gasteiger partial charge on any atom is -0.324 e. The number of hydrogen-bond acceptors (Lipinski definition) is 3. The number of halogens is 4. The summed E-state index contributed by atoms with van der Waals surface area (Å²) in [6, 6.07) is 8.11. The molecule has 2 N–H and O–H groups in total. The SMILES string of the molecule is CC1(c2cccc(C(F)(F)F)c2)NC(=O)N(CC(=O)Nc2cccc(F)c2)C1=O. The summed E-state index contributed by atoms with van der Waals surface area (Å²) in [5.41, 5.74) is -2.68. The maximum Gasteiger partial charge on any atom is 0.416 e. The van der Waals surface area contributed by atoms with Crippen molar-refractivity contribution in [2.75, 3.05) is 11.9 Å². The maximum atomic E-state index is 13.2. The fraction of sp³-hybridized carbons (Fsp3) is 0.211. The third-order valence-corrected chi connectivity index (χ3v) is 4.45. The molecule has 0 aliphatic carbocycles. The Morgan fingerprint density at radius 1 is 1.14 bits per heavy atom. The first-order valence-corrected chi connectivity index (χ1v) is 8.38. The van der Waals surface area contributed by atoms with E-state index in [1.807, 2.05) is 0 Å². The lowest BCUT2D eigenvalue weighted by Gasteiger charge is -2.23. The molecular weight excluding hydrogens is 394 g/mol. The van der Waals surface area contributed by atoms with Crippen molar-refractivity contribution in [3.05, 3.63) is 65.5 Å². The molecule has 1 unspecified atom stereocenters. The predicted octanol–water partition coefficient (Wildman–Crippen LogP) is 3.25. The van der Waals surface area contributed by atoms with E-state index in [4.69, 9.17) is 0 Å². The van der Waals surface area contributed by atoms with Crippen molar-refractivity contribution in [1.82, 2.24) is 10.2 Å². The quantitative estimate of drug-likeness (QED) is 0.601. The molecule has 4 amide bonds. The lowest BCUT2D eigenvalue weighted by atomic mass is 9.90. The number of carbonyl (C=O) groups excluding carboxylic acids is 3. The molecule has 6 nitrogen and oxygen atoms in total. The number of anilines is 1. The molecule has 1 heterocycles. The highest BCUT2D eigenvalue weighted by Crippen LogP contribution is 2.34. The minimum absolute atomic E-state index is 0.0706. The Kier molecular flexibility index (Phi) is 5.04. The van der Waals surface area contributed by atoms with Crippen LogP contribution < -0.4 is 10.6 Å². The van der Waals surface area contributed by atoms with Gasteiger partial charge < -0.3 is 10.6 Å². The Balaban J connectivity index is 1.79. The Morgan fingerprint density at radius 3 is 2.48 bits per heavy atom. The molecule has 29 heavy (non-hydrogen) atoms. The van der Waals surface area contributed by atoms with E-state index in [0.29, 0.717) is 4.90 Å². The number of amides is 4. The van der Waals surface area contributed by atoms with Gasteiger partial charge in [-0.05, 0) is 42.8 Å². The summed E-state index contributed by atoms with van der Waals surface area (Å²) < 4.78 is 52.1. The highest BCUT2D eigenvalue weighted by Gasteiger charge is 2.50. The lowest BCUT2D eigenvalue weighted by Crippen LogP contribution is -2.42. The Hall–Kier alpha value is -3.43. The number of carbonyl (C=O) groups is 3. The van der Waals surface area contributed by atoms with E-state index in [2.05, 4.69) is 10.6 Å². The largest absolute Gasteiger partial charge is 0.416 e. The summed E-state index contributed by atoms with van der Waals surface area (Å²) in [6.07, 6.45) is -4.62. The molecule has 1 saturated heterocycles. The third kappa shape index (κ3) is 4.05.